The van der Waals surface area contributed by atoms with E-state index in [4.69, 9.17) is 4.74 Å². The van der Waals surface area contributed by atoms with Crippen LogP contribution in [0.2, 0.25) is 0 Å². The number of rotatable bonds is 5. The Labute approximate surface area is 150 Å². The molecule has 0 aliphatic carbocycles. The van der Waals surface area contributed by atoms with Crippen LogP contribution in [0.4, 0.5) is 13.2 Å². The molecule has 1 saturated heterocycles. The molecule has 1 aliphatic heterocycles. The molecule has 1 fully saturated rings. The lowest BCUT2D eigenvalue weighted by Crippen LogP contribution is -2.39. The van der Waals surface area contributed by atoms with Gasteiger partial charge >= 0.3 is 12.1 Å². The second kappa shape index (κ2) is 8.07. The summed E-state index contributed by atoms with van der Waals surface area (Å²) in [5, 5.41) is 2.87. The molecule has 0 spiro atoms. The molecule has 144 valence electrons. The molecule has 8 heteroatoms. The molecule has 1 heterocycles. The second-order valence-electron chi connectivity index (χ2n) is 6.76. The van der Waals surface area contributed by atoms with Gasteiger partial charge in [-0.25, -0.2) is 0 Å². The van der Waals surface area contributed by atoms with Gasteiger partial charge in [-0.1, -0.05) is 32.0 Å². The summed E-state index contributed by atoms with van der Waals surface area (Å²) in [5.41, 5.74) is -0.280. The maximum absolute atomic E-state index is 12.9. The molecule has 5 nitrogen and oxygen atoms in total. The molecular formula is C18H23F3N2O3. The van der Waals surface area contributed by atoms with Gasteiger partial charge in [-0.15, -0.1) is 0 Å². The Morgan fingerprint density at radius 3 is 2.62 bits per heavy atom. The molecule has 0 aromatic heterocycles. The maximum Gasteiger partial charge on any atom is 0.416 e. The number of carbonyl (C=O) groups is 2. The standard InChI is InChI=1S/C18H23F3N2O3/c1-11(2)16(24)22-14-8-15(17(25)26-3)23(10-14)9-12-5-4-6-13(7-12)18(19,20)21/h4-7,11,14-15H,8-10H2,1-3H3,(H,22,24)/t14-,15+/m1/s1. The van der Waals surface area contributed by atoms with Gasteiger partial charge in [0.2, 0.25) is 5.91 Å². The van der Waals surface area contributed by atoms with Crippen molar-refractivity contribution in [3.8, 4) is 0 Å². The van der Waals surface area contributed by atoms with Crippen LogP contribution in [0.25, 0.3) is 0 Å². The Balaban J connectivity index is 2.14. The number of ether oxygens (including phenoxy) is 1. The number of hydrogen-bond acceptors (Lipinski definition) is 4. The van der Waals surface area contributed by atoms with E-state index in [9.17, 15) is 22.8 Å². The van der Waals surface area contributed by atoms with Crippen molar-refractivity contribution in [3.05, 3.63) is 35.4 Å². The van der Waals surface area contributed by atoms with Crippen molar-refractivity contribution in [3.63, 3.8) is 0 Å². The number of alkyl halides is 3. The summed E-state index contributed by atoms with van der Waals surface area (Å²) >= 11 is 0. The van der Waals surface area contributed by atoms with Crippen LogP contribution in [0.1, 0.15) is 31.4 Å². The molecule has 2 rings (SSSR count). The van der Waals surface area contributed by atoms with E-state index < -0.39 is 23.8 Å². The third-order valence-corrected chi connectivity index (χ3v) is 4.39. The lowest BCUT2D eigenvalue weighted by atomic mass is 10.1. The molecule has 0 radical (unpaired) electrons. The van der Waals surface area contributed by atoms with Gasteiger partial charge in [0.1, 0.15) is 6.04 Å². The number of nitrogens with one attached hydrogen (secondary N) is 1. The van der Waals surface area contributed by atoms with Gasteiger partial charge in [0, 0.05) is 25.0 Å². The van der Waals surface area contributed by atoms with E-state index in [1.807, 2.05) is 0 Å². The lowest BCUT2D eigenvalue weighted by Gasteiger charge is -2.22. The molecule has 1 amide bonds. The van der Waals surface area contributed by atoms with Crippen molar-refractivity contribution >= 4 is 11.9 Å². The minimum absolute atomic E-state index is 0.125. The second-order valence-corrected chi connectivity index (χ2v) is 6.76. The van der Waals surface area contributed by atoms with Crippen LogP contribution < -0.4 is 5.32 Å². The van der Waals surface area contributed by atoms with Crippen LogP contribution >= 0.6 is 0 Å². The van der Waals surface area contributed by atoms with Crippen molar-refractivity contribution in [2.75, 3.05) is 13.7 Å². The molecule has 1 N–H and O–H groups in total. The maximum atomic E-state index is 12.9. The van der Waals surface area contributed by atoms with Crippen LogP contribution in [0.3, 0.4) is 0 Å². The molecule has 1 aliphatic rings. The van der Waals surface area contributed by atoms with Gasteiger partial charge in [0.05, 0.1) is 12.7 Å². The molecular weight excluding hydrogens is 349 g/mol. The van der Waals surface area contributed by atoms with Gasteiger partial charge < -0.3 is 10.1 Å². The largest absolute Gasteiger partial charge is 0.468 e. The molecule has 1 aromatic carbocycles. The highest BCUT2D eigenvalue weighted by Crippen LogP contribution is 2.30. The summed E-state index contributed by atoms with van der Waals surface area (Å²) in [6.07, 6.45) is -4.05. The van der Waals surface area contributed by atoms with E-state index in [-0.39, 0.29) is 24.4 Å². The number of carbonyl (C=O) groups excluding carboxylic acids is 2. The normalized spacial score (nSPS) is 21.0. The van der Waals surface area contributed by atoms with E-state index >= 15 is 0 Å². The fourth-order valence-electron chi connectivity index (χ4n) is 3.01. The van der Waals surface area contributed by atoms with Gasteiger partial charge in [-0.3, -0.25) is 14.5 Å². The van der Waals surface area contributed by atoms with Gasteiger partial charge in [0.25, 0.3) is 0 Å². The molecule has 2 atom stereocenters. The zero-order valence-corrected chi connectivity index (χ0v) is 15.0. The van der Waals surface area contributed by atoms with Gasteiger partial charge in [0.15, 0.2) is 0 Å². The summed E-state index contributed by atoms with van der Waals surface area (Å²) in [7, 11) is 1.27. The quantitative estimate of drug-likeness (QED) is 0.808. The summed E-state index contributed by atoms with van der Waals surface area (Å²) < 4.78 is 43.5. The topological polar surface area (TPSA) is 58.6 Å². The van der Waals surface area contributed by atoms with Crippen molar-refractivity contribution < 1.29 is 27.5 Å². The first kappa shape index (κ1) is 20.2. The predicted molar refractivity (Wildman–Crippen MR) is 89.0 cm³/mol. The number of hydrogen-bond donors (Lipinski definition) is 1. The number of amides is 1. The highest BCUT2D eigenvalue weighted by Gasteiger charge is 2.38. The van der Waals surface area contributed by atoms with E-state index in [0.29, 0.717) is 18.5 Å². The van der Waals surface area contributed by atoms with Crippen molar-refractivity contribution in [1.82, 2.24) is 10.2 Å². The van der Waals surface area contributed by atoms with Crippen LogP contribution in [-0.2, 0) is 27.0 Å². The van der Waals surface area contributed by atoms with Crippen LogP contribution in [0.5, 0.6) is 0 Å². The van der Waals surface area contributed by atoms with Crippen molar-refractivity contribution in [2.45, 2.75) is 45.1 Å². The third-order valence-electron chi connectivity index (χ3n) is 4.39. The van der Waals surface area contributed by atoms with Crippen LogP contribution in [0, 0.1) is 5.92 Å². The minimum Gasteiger partial charge on any atom is -0.468 e. The Bertz CT molecular complexity index is 661. The van der Waals surface area contributed by atoms with E-state index in [1.165, 1.54) is 13.2 Å². The Morgan fingerprint density at radius 1 is 1.35 bits per heavy atom. The third kappa shape index (κ3) is 4.97. The Kier molecular flexibility index (Phi) is 6.28. The van der Waals surface area contributed by atoms with Crippen LogP contribution in [-0.4, -0.2) is 42.5 Å². The molecule has 1 aromatic rings. The molecule has 26 heavy (non-hydrogen) atoms. The monoisotopic (exact) mass is 372 g/mol. The zero-order valence-electron chi connectivity index (χ0n) is 15.0. The molecule has 0 unspecified atom stereocenters. The SMILES string of the molecule is COC(=O)[C@@H]1C[C@@H](NC(=O)C(C)C)CN1Cc1cccc(C(F)(F)F)c1. The number of methoxy groups -OCH3 is 1. The number of likely N-dealkylation sites (tertiary alicyclic amines) is 1. The van der Waals surface area contributed by atoms with Crippen LogP contribution in [0.15, 0.2) is 24.3 Å². The van der Waals surface area contributed by atoms with Gasteiger partial charge in [-0.05, 0) is 18.1 Å². The number of halogens is 3. The van der Waals surface area contributed by atoms with Crippen molar-refractivity contribution in [2.24, 2.45) is 5.92 Å². The number of esters is 1. The van der Waals surface area contributed by atoms with E-state index in [0.717, 1.165) is 12.1 Å². The highest BCUT2D eigenvalue weighted by atomic mass is 19.4. The summed E-state index contributed by atoms with van der Waals surface area (Å²) in [6.45, 7) is 4.07. The van der Waals surface area contributed by atoms with Crippen molar-refractivity contribution in [1.29, 1.82) is 0 Å². The average molecular weight is 372 g/mol. The zero-order chi connectivity index (χ0) is 19.5. The van der Waals surface area contributed by atoms with Gasteiger partial charge in [-0.2, -0.15) is 13.2 Å². The predicted octanol–water partition coefficient (Wildman–Crippen LogP) is 2.59. The first-order chi connectivity index (χ1) is 12.1. The highest BCUT2D eigenvalue weighted by molar-refractivity contribution is 5.79. The summed E-state index contributed by atoms with van der Waals surface area (Å²) in [6, 6.07) is 4.17. The first-order valence-corrected chi connectivity index (χ1v) is 8.40. The molecule has 0 bridgehead atoms. The minimum atomic E-state index is -4.42. The van der Waals surface area contributed by atoms with E-state index in [2.05, 4.69) is 5.32 Å². The lowest BCUT2D eigenvalue weighted by molar-refractivity contribution is -0.146. The number of nitrogens with zero attached hydrogens (tertiary/aromatic N) is 1. The fourth-order valence-corrected chi connectivity index (χ4v) is 3.01. The Morgan fingerprint density at radius 2 is 2.04 bits per heavy atom. The first-order valence-electron chi connectivity index (χ1n) is 8.40. The summed E-state index contributed by atoms with van der Waals surface area (Å²) in [4.78, 5) is 25.7. The summed E-state index contributed by atoms with van der Waals surface area (Å²) in [5.74, 6) is -0.776. The Hall–Kier alpha value is -2.09. The molecule has 0 saturated carbocycles. The fraction of sp³-hybridized carbons (Fsp3) is 0.556. The average Bonchev–Trinajstić information content (AvgIpc) is 2.95. The van der Waals surface area contributed by atoms with E-state index in [1.54, 1.807) is 24.8 Å². The number of benzene rings is 1. The smallest absolute Gasteiger partial charge is 0.416 e.